The number of H-pyrrole nitrogens is 1. The molecule has 25 heavy (non-hydrogen) atoms. The van der Waals surface area contributed by atoms with E-state index in [9.17, 15) is 8.42 Å². The van der Waals surface area contributed by atoms with Crippen molar-refractivity contribution in [3.8, 4) is 0 Å². The molecular formula is C20H24N2O2S. The van der Waals surface area contributed by atoms with Gasteiger partial charge in [0.1, 0.15) is 0 Å². The predicted molar refractivity (Wildman–Crippen MR) is 105 cm³/mol. The van der Waals surface area contributed by atoms with E-state index in [2.05, 4.69) is 47.8 Å². The Balaban J connectivity index is 2.19. The molecule has 1 aromatic heterocycles. The van der Waals surface area contributed by atoms with Crippen molar-refractivity contribution in [2.24, 2.45) is 0 Å². The van der Waals surface area contributed by atoms with Gasteiger partial charge in [-0.25, -0.2) is 8.42 Å². The Bertz CT molecular complexity index is 977. The molecule has 1 heterocycles. The fourth-order valence-electron chi connectivity index (χ4n) is 3.64. The number of aromatic nitrogens is 1. The number of aromatic amines is 1. The van der Waals surface area contributed by atoms with E-state index in [1.54, 1.807) is 6.07 Å². The van der Waals surface area contributed by atoms with E-state index in [1.807, 2.05) is 24.4 Å². The van der Waals surface area contributed by atoms with Gasteiger partial charge in [-0.3, -0.25) is 4.72 Å². The fraction of sp³-hybridized carbons (Fsp3) is 0.300. The lowest BCUT2D eigenvalue weighted by atomic mass is 9.73. The topological polar surface area (TPSA) is 62.0 Å². The molecule has 1 atom stereocenters. The lowest BCUT2D eigenvalue weighted by Gasteiger charge is -2.30. The standard InChI is InChI=1S/C20H24N2O2S/c1-4-13-20(2,15-9-6-5-7-10-15)17-14-21-19-16(17)11-8-12-18(19)22-25(3,23)24/h5-12,14,21-22H,4,13H2,1-3H3. The van der Waals surface area contributed by atoms with Crippen LogP contribution in [0.25, 0.3) is 10.9 Å². The maximum atomic E-state index is 11.6. The van der Waals surface area contributed by atoms with Crippen molar-refractivity contribution in [1.82, 2.24) is 4.98 Å². The molecule has 1 unspecified atom stereocenters. The second-order valence-corrected chi connectivity index (χ2v) is 8.50. The van der Waals surface area contributed by atoms with Crippen LogP contribution in [0.15, 0.2) is 54.7 Å². The lowest BCUT2D eigenvalue weighted by Crippen LogP contribution is -2.23. The predicted octanol–water partition coefficient (Wildman–Crippen LogP) is 4.65. The highest BCUT2D eigenvalue weighted by Gasteiger charge is 2.30. The molecule has 0 radical (unpaired) electrons. The van der Waals surface area contributed by atoms with Gasteiger partial charge in [-0.1, -0.05) is 62.7 Å². The van der Waals surface area contributed by atoms with Gasteiger partial charge < -0.3 is 4.98 Å². The number of nitrogens with one attached hydrogen (secondary N) is 2. The normalized spacial score (nSPS) is 14.4. The molecule has 0 amide bonds. The summed E-state index contributed by atoms with van der Waals surface area (Å²) in [6.45, 7) is 4.44. The highest BCUT2D eigenvalue weighted by molar-refractivity contribution is 7.92. The summed E-state index contributed by atoms with van der Waals surface area (Å²) < 4.78 is 25.9. The molecule has 5 heteroatoms. The van der Waals surface area contributed by atoms with Crippen LogP contribution in [0.5, 0.6) is 0 Å². The molecule has 0 aliphatic heterocycles. The summed E-state index contributed by atoms with van der Waals surface area (Å²) in [6.07, 6.45) is 5.24. The quantitative estimate of drug-likeness (QED) is 0.675. The Morgan fingerprint density at radius 1 is 1.08 bits per heavy atom. The molecule has 0 spiro atoms. The first-order valence-corrected chi connectivity index (χ1v) is 10.4. The van der Waals surface area contributed by atoms with Gasteiger partial charge in [-0.05, 0) is 23.6 Å². The molecule has 2 N–H and O–H groups in total. The highest BCUT2D eigenvalue weighted by atomic mass is 32.2. The number of fused-ring (bicyclic) bond motifs is 1. The summed E-state index contributed by atoms with van der Waals surface area (Å²) in [5.41, 5.74) is 3.71. The molecule has 3 aromatic rings. The summed E-state index contributed by atoms with van der Waals surface area (Å²) >= 11 is 0. The van der Waals surface area contributed by atoms with E-state index in [4.69, 9.17) is 0 Å². The van der Waals surface area contributed by atoms with E-state index in [-0.39, 0.29) is 5.41 Å². The Kier molecular flexibility index (Phi) is 4.60. The van der Waals surface area contributed by atoms with Crippen molar-refractivity contribution in [2.45, 2.75) is 32.1 Å². The Morgan fingerprint density at radius 2 is 1.80 bits per heavy atom. The van der Waals surface area contributed by atoms with Crippen molar-refractivity contribution < 1.29 is 8.42 Å². The summed E-state index contributed by atoms with van der Waals surface area (Å²) in [5, 5.41) is 1.05. The average Bonchev–Trinajstić information content (AvgIpc) is 3.00. The van der Waals surface area contributed by atoms with Crippen molar-refractivity contribution >= 4 is 26.6 Å². The van der Waals surface area contributed by atoms with Crippen LogP contribution in [0.3, 0.4) is 0 Å². The number of rotatable bonds is 6. The van der Waals surface area contributed by atoms with Gasteiger partial charge in [0.05, 0.1) is 17.5 Å². The first-order valence-electron chi connectivity index (χ1n) is 8.49. The van der Waals surface area contributed by atoms with Crippen LogP contribution in [-0.2, 0) is 15.4 Å². The first-order chi connectivity index (χ1) is 11.8. The summed E-state index contributed by atoms with van der Waals surface area (Å²) in [6, 6.07) is 16.2. The van der Waals surface area contributed by atoms with Crippen molar-refractivity contribution in [2.75, 3.05) is 11.0 Å². The SMILES string of the molecule is CCCC(C)(c1ccccc1)c1c[nH]c2c(NS(C)(=O)=O)cccc12. The van der Waals surface area contributed by atoms with Crippen LogP contribution in [0.1, 0.15) is 37.8 Å². The summed E-state index contributed by atoms with van der Waals surface area (Å²) in [4.78, 5) is 3.29. The third-order valence-corrected chi connectivity index (χ3v) is 5.36. The van der Waals surface area contributed by atoms with Gasteiger partial charge >= 0.3 is 0 Å². The van der Waals surface area contributed by atoms with E-state index in [1.165, 1.54) is 17.4 Å². The minimum atomic E-state index is -3.33. The van der Waals surface area contributed by atoms with E-state index < -0.39 is 10.0 Å². The van der Waals surface area contributed by atoms with Crippen molar-refractivity contribution in [3.05, 3.63) is 65.9 Å². The van der Waals surface area contributed by atoms with Gasteiger partial charge in [0.25, 0.3) is 0 Å². The number of para-hydroxylation sites is 1. The molecule has 0 saturated carbocycles. The zero-order valence-electron chi connectivity index (χ0n) is 14.8. The molecule has 132 valence electrons. The van der Waals surface area contributed by atoms with E-state index in [0.717, 1.165) is 23.7 Å². The molecule has 0 bridgehead atoms. The van der Waals surface area contributed by atoms with Crippen LogP contribution < -0.4 is 4.72 Å². The zero-order valence-corrected chi connectivity index (χ0v) is 15.7. The van der Waals surface area contributed by atoms with E-state index in [0.29, 0.717) is 5.69 Å². The average molecular weight is 356 g/mol. The van der Waals surface area contributed by atoms with Gasteiger partial charge in [0, 0.05) is 17.0 Å². The number of anilines is 1. The maximum absolute atomic E-state index is 11.6. The van der Waals surface area contributed by atoms with Crippen molar-refractivity contribution in [1.29, 1.82) is 0 Å². The minimum Gasteiger partial charge on any atom is -0.359 e. The molecule has 0 fully saturated rings. The second-order valence-electron chi connectivity index (χ2n) is 6.75. The Morgan fingerprint density at radius 3 is 2.44 bits per heavy atom. The van der Waals surface area contributed by atoms with Gasteiger partial charge in [-0.2, -0.15) is 0 Å². The largest absolute Gasteiger partial charge is 0.359 e. The molecule has 2 aromatic carbocycles. The first kappa shape index (κ1) is 17.5. The van der Waals surface area contributed by atoms with Crippen molar-refractivity contribution in [3.63, 3.8) is 0 Å². The third-order valence-electron chi connectivity index (χ3n) is 4.77. The van der Waals surface area contributed by atoms with Crippen LogP contribution in [0, 0.1) is 0 Å². The monoisotopic (exact) mass is 356 g/mol. The van der Waals surface area contributed by atoms with Gasteiger partial charge in [0.2, 0.25) is 10.0 Å². The molecular weight excluding hydrogens is 332 g/mol. The fourth-order valence-corrected chi connectivity index (χ4v) is 4.21. The lowest BCUT2D eigenvalue weighted by molar-refractivity contribution is 0.515. The third kappa shape index (κ3) is 3.42. The number of hydrogen-bond donors (Lipinski definition) is 2. The molecule has 0 aliphatic rings. The zero-order chi connectivity index (χ0) is 18.1. The Hall–Kier alpha value is -2.27. The number of sulfonamides is 1. The summed E-state index contributed by atoms with van der Waals surface area (Å²) in [5.74, 6) is 0. The van der Waals surface area contributed by atoms with E-state index >= 15 is 0 Å². The molecule has 3 rings (SSSR count). The molecule has 0 saturated heterocycles. The van der Waals surface area contributed by atoms with Crippen LogP contribution >= 0.6 is 0 Å². The number of benzene rings is 2. The van der Waals surface area contributed by atoms with Crippen LogP contribution in [0.4, 0.5) is 5.69 Å². The van der Waals surface area contributed by atoms with Crippen LogP contribution in [-0.4, -0.2) is 19.7 Å². The smallest absolute Gasteiger partial charge is 0.229 e. The second kappa shape index (κ2) is 6.56. The molecule has 4 nitrogen and oxygen atoms in total. The van der Waals surface area contributed by atoms with Gasteiger partial charge in [-0.15, -0.1) is 0 Å². The van der Waals surface area contributed by atoms with Gasteiger partial charge in [0.15, 0.2) is 0 Å². The summed E-state index contributed by atoms with van der Waals surface area (Å²) in [7, 11) is -3.33. The Labute approximate surface area is 149 Å². The van der Waals surface area contributed by atoms with Crippen LogP contribution in [0.2, 0.25) is 0 Å². The maximum Gasteiger partial charge on any atom is 0.229 e. The highest BCUT2D eigenvalue weighted by Crippen LogP contribution is 2.41. The molecule has 0 aliphatic carbocycles. The number of hydrogen-bond acceptors (Lipinski definition) is 2. The minimum absolute atomic E-state index is 0.141.